The molecule has 0 unspecified atom stereocenters. The fourth-order valence-electron chi connectivity index (χ4n) is 1.74. The quantitative estimate of drug-likeness (QED) is 0.656. The number of ether oxygens (including phenoxy) is 1. The largest absolute Gasteiger partial charge is 0.508 e. The van der Waals surface area contributed by atoms with Crippen molar-refractivity contribution in [3.63, 3.8) is 0 Å². The minimum Gasteiger partial charge on any atom is -0.508 e. The lowest BCUT2D eigenvalue weighted by Gasteiger charge is -2.07. The Morgan fingerprint density at radius 1 is 1.09 bits per heavy atom. The number of amides is 1. The Morgan fingerprint density at radius 2 is 1.77 bits per heavy atom. The minimum absolute atomic E-state index is 0.00611. The molecule has 0 heterocycles. The first-order valence-corrected chi connectivity index (χ1v) is 6.90. The van der Waals surface area contributed by atoms with Crippen molar-refractivity contribution in [2.24, 2.45) is 0 Å². The van der Waals surface area contributed by atoms with Crippen LogP contribution in [0.2, 0.25) is 5.02 Å². The second-order valence-electron chi connectivity index (χ2n) is 4.52. The molecule has 22 heavy (non-hydrogen) atoms. The number of hydrogen-bond donors (Lipinski definition) is 2. The summed E-state index contributed by atoms with van der Waals surface area (Å²) in [5.74, 6) is -0.892. The molecule has 6 heteroatoms. The van der Waals surface area contributed by atoms with Crippen molar-refractivity contribution in [3.05, 3.63) is 59.1 Å². The van der Waals surface area contributed by atoms with Crippen LogP contribution in [0.4, 0.5) is 5.69 Å². The van der Waals surface area contributed by atoms with Crippen LogP contribution in [0.25, 0.3) is 0 Å². The molecule has 0 aliphatic rings. The zero-order valence-corrected chi connectivity index (χ0v) is 12.3. The summed E-state index contributed by atoms with van der Waals surface area (Å²) in [4.78, 5) is 23.3. The van der Waals surface area contributed by atoms with Gasteiger partial charge >= 0.3 is 5.97 Å². The molecule has 0 aliphatic carbocycles. The Morgan fingerprint density at radius 3 is 2.45 bits per heavy atom. The van der Waals surface area contributed by atoms with Crippen LogP contribution < -0.4 is 5.32 Å². The van der Waals surface area contributed by atoms with Gasteiger partial charge in [-0.2, -0.15) is 0 Å². The van der Waals surface area contributed by atoms with Crippen LogP contribution >= 0.6 is 11.6 Å². The summed E-state index contributed by atoms with van der Waals surface area (Å²) in [5.41, 5.74) is 1.15. The average Bonchev–Trinajstić information content (AvgIpc) is 2.50. The van der Waals surface area contributed by atoms with Crippen LogP contribution in [-0.4, -0.2) is 23.6 Å². The van der Waals surface area contributed by atoms with Gasteiger partial charge in [-0.15, -0.1) is 0 Å². The Hall–Kier alpha value is -2.53. The lowest BCUT2D eigenvalue weighted by atomic mass is 10.1. The molecular formula is C16H14ClNO4. The topological polar surface area (TPSA) is 75.6 Å². The maximum atomic E-state index is 11.7. The summed E-state index contributed by atoms with van der Waals surface area (Å²) >= 11 is 5.94. The molecule has 0 spiro atoms. The molecule has 2 rings (SSSR count). The molecule has 2 aromatic carbocycles. The number of nitrogens with one attached hydrogen (secondary N) is 1. The monoisotopic (exact) mass is 319 g/mol. The van der Waals surface area contributed by atoms with E-state index in [2.05, 4.69) is 5.32 Å². The number of rotatable bonds is 5. The maximum Gasteiger partial charge on any atom is 0.310 e. The number of anilines is 1. The molecule has 5 nitrogen and oxygen atoms in total. The Bertz CT molecular complexity index is 670. The number of esters is 1. The van der Waals surface area contributed by atoms with Crippen molar-refractivity contribution in [1.29, 1.82) is 0 Å². The fourth-order valence-corrected chi connectivity index (χ4v) is 1.94. The Labute approximate surface area is 132 Å². The van der Waals surface area contributed by atoms with E-state index in [0.717, 1.165) is 0 Å². The second-order valence-corrected chi connectivity index (χ2v) is 4.93. The smallest absolute Gasteiger partial charge is 0.310 e. The molecule has 114 valence electrons. The molecule has 2 aromatic rings. The molecule has 0 saturated heterocycles. The summed E-state index contributed by atoms with van der Waals surface area (Å²) in [5, 5.41) is 12.2. The van der Waals surface area contributed by atoms with Gasteiger partial charge in [0.25, 0.3) is 5.91 Å². The molecular weight excluding hydrogens is 306 g/mol. The van der Waals surface area contributed by atoms with Gasteiger partial charge in [-0.1, -0.05) is 29.8 Å². The predicted octanol–water partition coefficient (Wildman–Crippen LogP) is 2.77. The highest BCUT2D eigenvalue weighted by atomic mass is 35.5. The predicted molar refractivity (Wildman–Crippen MR) is 82.9 cm³/mol. The van der Waals surface area contributed by atoms with Crippen LogP contribution in [0, 0.1) is 0 Å². The number of halogens is 1. The molecule has 0 bridgehead atoms. The summed E-state index contributed by atoms with van der Waals surface area (Å²) in [6.07, 6.45) is 0.00611. The van der Waals surface area contributed by atoms with Gasteiger partial charge in [0.1, 0.15) is 5.75 Å². The third kappa shape index (κ3) is 4.79. The molecule has 0 atom stereocenters. The fraction of sp³-hybridized carbons (Fsp3) is 0.125. The lowest BCUT2D eigenvalue weighted by molar-refractivity contribution is -0.146. The number of benzene rings is 2. The van der Waals surface area contributed by atoms with Gasteiger partial charge < -0.3 is 15.2 Å². The highest BCUT2D eigenvalue weighted by Gasteiger charge is 2.10. The first kappa shape index (κ1) is 15.9. The van der Waals surface area contributed by atoms with Gasteiger partial charge in [-0.05, 0) is 35.9 Å². The van der Waals surface area contributed by atoms with Crippen molar-refractivity contribution in [3.8, 4) is 5.75 Å². The van der Waals surface area contributed by atoms with Gasteiger partial charge in [0.15, 0.2) is 6.61 Å². The van der Waals surface area contributed by atoms with Crippen LogP contribution in [0.15, 0.2) is 48.5 Å². The van der Waals surface area contributed by atoms with Gasteiger partial charge in [0.05, 0.1) is 6.42 Å². The molecule has 1 amide bonds. The molecule has 0 fully saturated rings. The normalized spacial score (nSPS) is 10.0. The van der Waals surface area contributed by atoms with Crippen LogP contribution in [0.1, 0.15) is 5.56 Å². The number of carbonyl (C=O) groups excluding carboxylic acids is 2. The zero-order valence-electron chi connectivity index (χ0n) is 11.6. The van der Waals surface area contributed by atoms with Crippen LogP contribution in [0.5, 0.6) is 5.75 Å². The van der Waals surface area contributed by atoms with E-state index in [0.29, 0.717) is 16.3 Å². The first-order chi connectivity index (χ1) is 10.5. The average molecular weight is 320 g/mol. The molecule has 0 aromatic heterocycles. The SMILES string of the molecule is O=C(COC(=O)Cc1ccccc1Cl)Nc1ccc(O)cc1. The van der Waals surface area contributed by atoms with E-state index in [9.17, 15) is 9.59 Å². The van der Waals surface area contributed by atoms with Gasteiger partial charge in [-0.3, -0.25) is 9.59 Å². The van der Waals surface area contributed by atoms with Crippen molar-refractivity contribution < 1.29 is 19.4 Å². The van der Waals surface area contributed by atoms with Crippen LogP contribution in [0.3, 0.4) is 0 Å². The van der Waals surface area contributed by atoms with Crippen LogP contribution in [-0.2, 0) is 20.7 Å². The summed E-state index contributed by atoms with van der Waals surface area (Å²) in [6.45, 7) is -0.385. The number of aromatic hydroxyl groups is 1. The summed E-state index contributed by atoms with van der Waals surface area (Å²) in [6, 6.07) is 12.9. The highest BCUT2D eigenvalue weighted by molar-refractivity contribution is 6.31. The molecule has 0 radical (unpaired) electrons. The Kier molecular flexibility index (Phi) is 5.38. The minimum atomic E-state index is -0.533. The summed E-state index contributed by atoms with van der Waals surface area (Å²) in [7, 11) is 0. The van der Waals surface area contributed by atoms with Crippen molar-refractivity contribution >= 4 is 29.2 Å². The van der Waals surface area contributed by atoms with Crippen molar-refractivity contribution in [2.45, 2.75) is 6.42 Å². The van der Waals surface area contributed by atoms with E-state index in [1.165, 1.54) is 12.1 Å². The van der Waals surface area contributed by atoms with E-state index in [4.69, 9.17) is 21.4 Å². The third-order valence-corrected chi connectivity index (χ3v) is 3.18. The van der Waals surface area contributed by atoms with E-state index >= 15 is 0 Å². The van der Waals surface area contributed by atoms with E-state index in [1.807, 2.05) is 0 Å². The molecule has 2 N–H and O–H groups in total. The van der Waals surface area contributed by atoms with E-state index < -0.39 is 11.9 Å². The number of phenols is 1. The second kappa shape index (κ2) is 7.47. The van der Waals surface area contributed by atoms with Gasteiger partial charge in [0.2, 0.25) is 0 Å². The van der Waals surface area contributed by atoms with Crippen molar-refractivity contribution in [1.82, 2.24) is 0 Å². The summed E-state index contributed by atoms with van der Waals surface area (Å²) < 4.78 is 4.90. The Balaban J connectivity index is 1.79. The first-order valence-electron chi connectivity index (χ1n) is 6.52. The molecule has 0 saturated carbocycles. The number of hydrogen-bond acceptors (Lipinski definition) is 4. The molecule has 0 aliphatic heterocycles. The zero-order chi connectivity index (χ0) is 15.9. The number of phenolic OH excluding ortho intramolecular Hbond substituents is 1. The maximum absolute atomic E-state index is 11.7. The van der Waals surface area contributed by atoms with Crippen molar-refractivity contribution in [2.75, 3.05) is 11.9 Å². The van der Waals surface area contributed by atoms with Gasteiger partial charge in [-0.25, -0.2) is 0 Å². The third-order valence-electron chi connectivity index (χ3n) is 2.81. The van der Waals surface area contributed by atoms with E-state index in [-0.39, 0.29) is 18.8 Å². The van der Waals surface area contributed by atoms with Gasteiger partial charge in [0, 0.05) is 10.7 Å². The standard InChI is InChI=1S/C16H14ClNO4/c17-14-4-2-1-3-11(14)9-16(21)22-10-15(20)18-12-5-7-13(19)8-6-12/h1-8,19H,9-10H2,(H,18,20). The lowest BCUT2D eigenvalue weighted by Crippen LogP contribution is -2.21. The highest BCUT2D eigenvalue weighted by Crippen LogP contribution is 2.16. The number of carbonyl (C=O) groups is 2. The van der Waals surface area contributed by atoms with E-state index in [1.54, 1.807) is 36.4 Å².